The van der Waals surface area contributed by atoms with Crippen molar-refractivity contribution in [3.63, 3.8) is 0 Å². The second-order valence-electron chi connectivity index (χ2n) is 4.99. The van der Waals surface area contributed by atoms with E-state index in [1.165, 1.54) is 0 Å². The van der Waals surface area contributed by atoms with Gasteiger partial charge in [-0.2, -0.15) is 0 Å². The van der Waals surface area contributed by atoms with E-state index in [4.69, 9.17) is 0 Å². The molecule has 1 unspecified atom stereocenters. The summed E-state index contributed by atoms with van der Waals surface area (Å²) in [6, 6.07) is 15.1. The van der Waals surface area contributed by atoms with Gasteiger partial charge in [-0.3, -0.25) is 4.79 Å². The van der Waals surface area contributed by atoms with Crippen LogP contribution in [0.25, 0.3) is 0 Å². The molecule has 4 heteroatoms. The van der Waals surface area contributed by atoms with Gasteiger partial charge in [-0.15, -0.1) is 0 Å². The van der Waals surface area contributed by atoms with E-state index in [1.54, 1.807) is 25.1 Å². The second kappa shape index (κ2) is 7.27. The molecule has 0 saturated heterocycles. The van der Waals surface area contributed by atoms with E-state index in [-0.39, 0.29) is 17.7 Å². The second-order valence-corrected chi connectivity index (χ2v) is 5.63. The fraction of sp³-hybridized carbons (Fsp3) is 0.235. The monoisotopic (exact) mass is 347 g/mol. The highest BCUT2D eigenvalue weighted by Gasteiger charge is 2.16. The molecule has 0 bridgehead atoms. The highest BCUT2D eigenvalue weighted by Crippen LogP contribution is 2.21. The number of phenolic OH excluding ortho intramolecular Hbond substituents is 1. The van der Waals surface area contributed by atoms with Crippen molar-refractivity contribution in [2.75, 3.05) is 5.33 Å². The number of amides is 1. The van der Waals surface area contributed by atoms with E-state index in [1.807, 2.05) is 30.3 Å². The summed E-state index contributed by atoms with van der Waals surface area (Å²) < 4.78 is 0. The Morgan fingerprint density at radius 1 is 1.19 bits per heavy atom. The zero-order chi connectivity index (χ0) is 15.2. The summed E-state index contributed by atoms with van der Waals surface area (Å²) in [5.74, 6) is -0.209. The average molecular weight is 348 g/mol. The number of hydrogen-bond acceptors (Lipinski definition) is 2. The molecule has 0 radical (unpaired) electrons. The first kappa shape index (κ1) is 15.6. The van der Waals surface area contributed by atoms with E-state index in [0.29, 0.717) is 16.5 Å². The minimum atomic E-state index is -0.253. The molecule has 2 N–H and O–H groups in total. The van der Waals surface area contributed by atoms with E-state index in [2.05, 4.69) is 21.2 Å². The highest BCUT2D eigenvalue weighted by atomic mass is 79.9. The zero-order valence-corrected chi connectivity index (χ0v) is 13.4. The van der Waals surface area contributed by atoms with Crippen LogP contribution in [0.4, 0.5) is 0 Å². The molecule has 2 aromatic carbocycles. The Morgan fingerprint density at radius 2 is 1.90 bits per heavy atom. The van der Waals surface area contributed by atoms with Crippen LogP contribution in [0.2, 0.25) is 0 Å². The Kier molecular flexibility index (Phi) is 5.39. The van der Waals surface area contributed by atoms with Crippen molar-refractivity contribution in [2.45, 2.75) is 19.4 Å². The van der Waals surface area contributed by atoms with Crippen molar-refractivity contribution in [1.29, 1.82) is 0 Å². The SMILES string of the molecule is Cc1cccc(C(=O)NC(CBr)Cc2ccccc2)c1O. The number of para-hydroxylation sites is 1. The first-order valence-corrected chi connectivity index (χ1v) is 7.93. The van der Waals surface area contributed by atoms with Gasteiger partial charge in [0.1, 0.15) is 5.75 Å². The molecule has 0 aliphatic heterocycles. The topological polar surface area (TPSA) is 49.3 Å². The molecular formula is C17H18BrNO2. The van der Waals surface area contributed by atoms with E-state index in [9.17, 15) is 9.90 Å². The summed E-state index contributed by atoms with van der Waals surface area (Å²) in [5.41, 5.74) is 2.17. The summed E-state index contributed by atoms with van der Waals surface area (Å²) in [7, 11) is 0. The Labute approximate surface area is 133 Å². The predicted molar refractivity (Wildman–Crippen MR) is 88.0 cm³/mol. The number of phenols is 1. The fourth-order valence-electron chi connectivity index (χ4n) is 2.15. The van der Waals surface area contributed by atoms with Crippen LogP contribution in [-0.4, -0.2) is 22.4 Å². The maximum atomic E-state index is 12.3. The van der Waals surface area contributed by atoms with Gasteiger partial charge < -0.3 is 10.4 Å². The van der Waals surface area contributed by atoms with Gasteiger partial charge in [0.05, 0.1) is 5.56 Å². The molecule has 3 nitrogen and oxygen atoms in total. The number of aryl methyl sites for hydroxylation is 1. The Morgan fingerprint density at radius 3 is 2.57 bits per heavy atom. The van der Waals surface area contributed by atoms with Crippen LogP contribution in [-0.2, 0) is 6.42 Å². The Hall–Kier alpha value is -1.81. The number of alkyl halides is 1. The van der Waals surface area contributed by atoms with E-state index >= 15 is 0 Å². The van der Waals surface area contributed by atoms with Crippen LogP contribution in [0, 0.1) is 6.92 Å². The molecule has 110 valence electrons. The largest absolute Gasteiger partial charge is 0.507 e. The van der Waals surface area contributed by atoms with Crippen LogP contribution < -0.4 is 5.32 Å². The Balaban J connectivity index is 2.08. The molecule has 21 heavy (non-hydrogen) atoms. The summed E-state index contributed by atoms with van der Waals surface area (Å²) in [4.78, 5) is 12.3. The van der Waals surface area contributed by atoms with Crippen molar-refractivity contribution >= 4 is 21.8 Å². The third-order valence-electron chi connectivity index (χ3n) is 3.33. The number of hydrogen-bond donors (Lipinski definition) is 2. The normalized spacial score (nSPS) is 11.9. The number of carbonyl (C=O) groups is 1. The maximum Gasteiger partial charge on any atom is 0.255 e. The van der Waals surface area contributed by atoms with E-state index < -0.39 is 0 Å². The summed E-state index contributed by atoms with van der Waals surface area (Å²) in [6.45, 7) is 1.78. The number of benzene rings is 2. The zero-order valence-electron chi connectivity index (χ0n) is 11.8. The number of carbonyl (C=O) groups excluding carboxylic acids is 1. The number of aromatic hydroxyl groups is 1. The molecule has 2 rings (SSSR count). The Bertz CT molecular complexity index is 613. The van der Waals surface area contributed by atoms with Crippen molar-refractivity contribution < 1.29 is 9.90 Å². The van der Waals surface area contributed by atoms with Crippen LogP contribution in [0.5, 0.6) is 5.75 Å². The molecule has 0 fully saturated rings. The van der Waals surface area contributed by atoms with Gasteiger partial charge in [0.25, 0.3) is 5.91 Å². The standard InChI is InChI=1S/C17H18BrNO2/c1-12-6-5-9-15(16(12)20)17(21)19-14(11-18)10-13-7-3-2-4-8-13/h2-9,14,20H,10-11H2,1H3,(H,19,21). The molecule has 0 aromatic heterocycles. The van der Waals surface area contributed by atoms with Gasteiger partial charge in [-0.25, -0.2) is 0 Å². The van der Waals surface area contributed by atoms with Crippen LogP contribution in [0.1, 0.15) is 21.5 Å². The summed E-state index contributed by atoms with van der Waals surface area (Å²) >= 11 is 3.43. The summed E-state index contributed by atoms with van der Waals surface area (Å²) in [5, 5.41) is 13.6. The maximum absolute atomic E-state index is 12.3. The third kappa shape index (κ3) is 4.08. The molecule has 0 aliphatic carbocycles. The molecule has 0 aliphatic rings. The molecule has 1 atom stereocenters. The van der Waals surface area contributed by atoms with Crippen LogP contribution in [0.3, 0.4) is 0 Å². The first-order valence-electron chi connectivity index (χ1n) is 6.81. The molecular weight excluding hydrogens is 330 g/mol. The van der Waals surface area contributed by atoms with Gasteiger partial charge in [-0.05, 0) is 30.5 Å². The lowest BCUT2D eigenvalue weighted by atomic mass is 10.1. The lowest BCUT2D eigenvalue weighted by molar-refractivity contribution is 0.0938. The van der Waals surface area contributed by atoms with Gasteiger partial charge in [-0.1, -0.05) is 58.4 Å². The quantitative estimate of drug-likeness (QED) is 0.814. The fourth-order valence-corrected chi connectivity index (χ4v) is 2.54. The van der Waals surface area contributed by atoms with Crippen molar-refractivity contribution in [2.24, 2.45) is 0 Å². The lowest BCUT2D eigenvalue weighted by Gasteiger charge is -2.17. The first-order chi connectivity index (χ1) is 10.1. The molecule has 0 spiro atoms. The highest BCUT2D eigenvalue weighted by molar-refractivity contribution is 9.09. The number of halogens is 1. The molecule has 0 heterocycles. The van der Waals surface area contributed by atoms with Gasteiger partial charge in [0.15, 0.2) is 0 Å². The number of rotatable bonds is 5. The lowest BCUT2D eigenvalue weighted by Crippen LogP contribution is -2.37. The minimum Gasteiger partial charge on any atom is -0.507 e. The molecule has 1 amide bonds. The van der Waals surface area contributed by atoms with Crippen molar-refractivity contribution in [3.05, 3.63) is 65.2 Å². The average Bonchev–Trinajstić information content (AvgIpc) is 2.50. The minimum absolute atomic E-state index is 0.0280. The number of nitrogens with one attached hydrogen (secondary N) is 1. The van der Waals surface area contributed by atoms with Crippen LogP contribution >= 0.6 is 15.9 Å². The van der Waals surface area contributed by atoms with E-state index in [0.717, 1.165) is 12.0 Å². The van der Waals surface area contributed by atoms with Gasteiger partial charge >= 0.3 is 0 Å². The third-order valence-corrected chi connectivity index (χ3v) is 4.11. The predicted octanol–water partition coefficient (Wildman–Crippen LogP) is 3.44. The molecule has 0 saturated carbocycles. The summed E-state index contributed by atoms with van der Waals surface area (Å²) in [6.07, 6.45) is 0.740. The van der Waals surface area contributed by atoms with Gasteiger partial charge in [0.2, 0.25) is 0 Å². The van der Waals surface area contributed by atoms with Crippen LogP contribution in [0.15, 0.2) is 48.5 Å². The smallest absolute Gasteiger partial charge is 0.255 e. The van der Waals surface area contributed by atoms with Crippen molar-refractivity contribution in [3.8, 4) is 5.75 Å². The van der Waals surface area contributed by atoms with Crippen molar-refractivity contribution in [1.82, 2.24) is 5.32 Å². The van der Waals surface area contributed by atoms with Gasteiger partial charge in [0, 0.05) is 11.4 Å². The molecule has 2 aromatic rings.